The van der Waals surface area contributed by atoms with Crippen LogP contribution in [-0.4, -0.2) is 66.7 Å². The number of hydrogen-bond acceptors (Lipinski definition) is 6. The predicted octanol–water partition coefficient (Wildman–Crippen LogP) is 2.30. The summed E-state index contributed by atoms with van der Waals surface area (Å²) in [6, 6.07) is 22.3. The Morgan fingerprint density at radius 3 is 2.39 bits per heavy atom. The second kappa shape index (κ2) is 11.4. The van der Waals surface area contributed by atoms with Crippen LogP contribution in [0.3, 0.4) is 0 Å². The molecule has 196 valence electrons. The lowest BCUT2D eigenvalue weighted by Gasteiger charge is -2.36. The monoisotopic (exact) mass is 513 g/mol. The Morgan fingerprint density at radius 1 is 0.947 bits per heavy atom. The van der Waals surface area contributed by atoms with Gasteiger partial charge in [-0.1, -0.05) is 30.3 Å². The number of aromatic nitrogens is 2. The minimum Gasteiger partial charge on any atom is -0.497 e. The molecule has 1 fully saturated rings. The molecule has 1 aliphatic rings. The van der Waals surface area contributed by atoms with Crippen LogP contribution in [0.25, 0.3) is 10.9 Å². The van der Waals surface area contributed by atoms with Crippen molar-refractivity contribution < 1.29 is 9.53 Å². The maximum Gasteiger partial charge on any atom is 0.329 e. The number of anilines is 1. The van der Waals surface area contributed by atoms with Gasteiger partial charge in [-0.25, -0.2) is 4.79 Å². The van der Waals surface area contributed by atoms with Crippen molar-refractivity contribution in [3.8, 4) is 5.75 Å². The summed E-state index contributed by atoms with van der Waals surface area (Å²) in [6.45, 7) is 5.18. The highest BCUT2D eigenvalue weighted by Crippen LogP contribution is 2.16. The molecule has 3 aromatic carbocycles. The van der Waals surface area contributed by atoms with E-state index in [0.29, 0.717) is 28.8 Å². The van der Waals surface area contributed by atoms with Crippen molar-refractivity contribution >= 4 is 22.5 Å². The molecular weight excluding hydrogens is 482 g/mol. The number of H-pyrrole nitrogens is 1. The van der Waals surface area contributed by atoms with Crippen LogP contribution in [-0.2, 0) is 6.54 Å². The van der Waals surface area contributed by atoms with E-state index in [2.05, 4.69) is 44.4 Å². The average molecular weight is 514 g/mol. The number of carbonyl (C=O) groups excluding carboxylic acids is 1. The highest BCUT2D eigenvalue weighted by atomic mass is 16.5. The Morgan fingerprint density at radius 2 is 1.68 bits per heavy atom. The lowest BCUT2D eigenvalue weighted by atomic mass is 10.1. The quantitative estimate of drug-likeness (QED) is 0.375. The SMILES string of the molecule is COc1ccc(Cn2c(=O)[nH]c3cc(C(=O)NCCN4CCN(c5ccccc5)CC4)ccc3c2=O)cc1. The van der Waals surface area contributed by atoms with E-state index in [1.807, 2.05) is 18.2 Å². The molecular formula is C29H31N5O4. The van der Waals surface area contributed by atoms with Crippen molar-refractivity contribution in [1.82, 2.24) is 19.8 Å². The number of para-hydroxylation sites is 1. The number of ether oxygens (including phenoxy) is 1. The third-order valence-corrected chi connectivity index (χ3v) is 6.95. The van der Waals surface area contributed by atoms with E-state index in [9.17, 15) is 14.4 Å². The molecule has 9 heteroatoms. The van der Waals surface area contributed by atoms with Crippen molar-refractivity contribution in [2.24, 2.45) is 0 Å². The summed E-state index contributed by atoms with van der Waals surface area (Å²) in [5, 5.41) is 3.31. The average Bonchev–Trinajstić information content (AvgIpc) is 2.96. The minimum absolute atomic E-state index is 0.135. The zero-order valence-corrected chi connectivity index (χ0v) is 21.4. The van der Waals surface area contributed by atoms with Crippen LogP contribution in [0.15, 0.2) is 82.4 Å². The zero-order valence-electron chi connectivity index (χ0n) is 21.4. The Kier molecular flexibility index (Phi) is 7.55. The number of benzene rings is 3. The number of nitrogens with one attached hydrogen (secondary N) is 2. The molecule has 0 radical (unpaired) electrons. The molecule has 2 N–H and O–H groups in total. The van der Waals surface area contributed by atoms with Crippen LogP contribution in [0, 0.1) is 0 Å². The first-order valence-corrected chi connectivity index (χ1v) is 12.7. The van der Waals surface area contributed by atoms with Crippen LogP contribution >= 0.6 is 0 Å². The van der Waals surface area contributed by atoms with E-state index in [1.165, 1.54) is 5.69 Å². The van der Waals surface area contributed by atoms with Gasteiger partial charge in [0, 0.05) is 50.5 Å². The maximum atomic E-state index is 13.0. The van der Waals surface area contributed by atoms with Gasteiger partial charge < -0.3 is 19.9 Å². The first-order chi connectivity index (χ1) is 18.5. The third kappa shape index (κ3) is 5.63. The van der Waals surface area contributed by atoms with Crippen molar-refractivity contribution in [3.05, 3.63) is 105 Å². The van der Waals surface area contributed by atoms with Gasteiger partial charge in [-0.2, -0.15) is 0 Å². The molecule has 0 aliphatic carbocycles. The molecule has 0 saturated carbocycles. The molecule has 1 saturated heterocycles. The first-order valence-electron chi connectivity index (χ1n) is 12.7. The van der Waals surface area contributed by atoms with E-state index in [-0.39, 0.29) is 12.5 Å². The number of methoxy groups -OCH3 is 1. The van der Waals surface area contributed by atoms with Gasteiger partial charge in [0.1, 0.15) is 5.75 Å². The van der Waals surface area contributed by atoms with Crippen LogP contribution in [0.1, 0.15) is 15.9 Å². The van der Waals surface area contributed by atoms with Gasteiger partial charge in [0.05, 0.1) is 24.6 Å². The molecule has 2 heterocycles. The number of nitrogens with zero attached hydrogens (tertiary/aromatic N) is 3. The van der Waals surface area contributed by atoms with Gasteiger partial charge in [0.15, 0.2) is 0 Å². The number of amides is 1. The fourth-order valence-electron chi connectivity index (χ4n) is 4.75. The molecule has 1 aliphatic heterocycles. The molecule has 4 aromatic rings. The number of piperazine rings is 1. The van der Waals surface area contributed by atoms with Crippen LogP contribution in [0.2, 0.25) is 0 Å². The summed E-state index contributed by atoms with van der Waals surface area (Å²) >= 11 is 0. The summed E-state index contributed by atoms with van der Waals surface area (Å²) in [4.78, 5) is 46.0. The van der Waals surface area contributed by atoms with Crippen LogP contribution < -0.4 is 26.2 Å². The largest absolute Gasteiger partial charge is 0.497 e. The van der Waals surface area contributed by atoms with Gasteiger partial charge in [0.2, 0.25) is 0 Å². The molecule has 0 bridgehead atoms. The van der Waals surface area contributed by atoms with Crippen molar-refractivity contribution in [3.63, 3.8) is 0 Å². The van der Waals surface area contributed by atoms with E-state index in [4.69, 9.17) is 4.74 Å². The van der Waals surface area contributed by atoms with Gasteiger partial charge in [-0.15, -0.1) is 0 Å². The molecule has 0 spiro atoms. The second-order valence-corrected chi connectivity index (χ2v) is 9.35. The fraction of sp³-hybridized carbons (Fsp3) is 0.276. The number of fused-ring (bicyclic) bond motifs is 1. The number of rotatable bonds is 8. The Hall–Kier alpha value is -4.37. The van der Waals surface area contributed by atoms with Crippen LogP contribution in [0.5, 0.6) is 5.75 Å². The molecule has 5 rings (SSSR count). The zero-order chi connectivity index (χ0) is 26.5. The maximum absolute atomic E-state index is 13.0. The highest BCUT2D eigenvalue weighted by molar-refractivity contribution is 5.97. The summed E-state index contributed by atoms with van der Waals surface area (Å²) in [5.74, 6) is 0.461. The van der Waals surface area contributed by atoms with E-state index in [1.54, 1.807) is 37.4 Å². The number of aromatic amines is 1. The standard InChI is InChI=1S/C29H31N5O4/c1-38-24-10-7-21(8-11-24)20-34-28(36)25-12-9-22(19-26(25)31-29(34)37)27(35)30-13-14-32-15-17-33(18-16-32)23-5-3-2-4-6-23/h2-12,19H,13-18,20H2,1H3,(H,30,35)(H,31,37). The summed E-state index contributed by atoms with van der Waals surface area (Å²) in [6.07, 6.45) is 0. The van der Waals surface area contributed by atoms with E-state index >= 15 is 0 Å². The van der Waals surface area contributed by atoms with Gasteiger partial charge in [0.25, 0.3) is 11.5 Å². The van der Waals surface area contributed by atoms with Crippen molar-refractivity contribution in [1.29, 1.82) is 0 Å². The Balaban J connectivity index is 1.19. The molecule has 0 unspecified atom stereocenters. The van der Waals surface area contributed by atoms with Crippen LogP contribution in [0.4, 0.5) is 5.69 Å². The normalized spacial score (nSPS) is 14.0. The van der Waals surface area contributed by atoms with Gasteiger partial charge in [-0.05, 0) is 48.0 Å². The lowest BCUT2D eigenvalue weighted by Crippen LogP contribution is -2.48. The third-order valence-electron chi connectivity index (χ3n) is 6.95. The summed E-state index contributed by atoms with van der Waals surface area (Å²) in [7, 11) is 1.58. The smallest absolute Gasteiger partial charge is 0.329 e. The molecule has 38 heavy (non-hydrogen) atoms. The number of carbonyl (C=O) groups is 1. The highest BCUT2D eigenvalue weighted by Gasteiger charge is 2.17. The minimum atomic E-state index is -0.523. The van der Waals surface area contributed by atoms with E-state index < -0.39 is 11.2 Å². The molecule has 9 nitrogen and oxygen atoms in total. The van der Waals surface area contributed by atoms with Crippen molar-refractivity contribution in [2.75, 3.05) is 51.3 Å². The van der Waals surface area contributed by atoms with Crippen molar-refractivity contribution in [2.45, 2.75) is 6.54 Å². The van der Waals surface area contributed by atoms with Gasteiger partial charge >= 0.3 is 5.69 Å². The Labute approximate surface area is 220 Å². The second-order valence-electron chi connectivity index (χ2n) is 9.35. The summed E-state index contributed by atoms with van der Waals surface area (Å²) < 4.78 is 6.31. The first kappa shape index (κ1) is 25.3. The topological polar surface area (TPSA) is 99.7 Å². The van der Waals surface area contributed by atoms with Gasteiger partial charge in [-0.3, -0.25) is 19.1 Å². The number of hydrogen-bond donors (Lipinski definition) is 2. The molecule has 1 amide bonds. The lowest BCUT2D eigenvalue weighted by molar-refractivity contribution is 0.0948. The fourth-order valence-corrected chi connectivity index (χ4v) is 4.75. The Bertz CT molecular complexity index is 1520. The summed E-state index contributed by atoms with van der Waals surface area (Å²) in [5.41, 5.74) is 1.86. The molecule has 1 aromatic heterocycles. The molecule has 0 atom stereocenters. The van der Waals surface area contributed by atoms with E-state index in [0.717, 1.165) is 42.9 Å². The predicted molar refractivity (Wildman–Crippen MR) is 148 cm³/mol.